The minimum Gasteiger partial charge on any atom is -0.378 e. The van der Waals surface area contributed by atoms with Gasteiger partial charge >= 0.3 is 0 Å². The Morgan fingerprint density at radius 1 is 1.30 bits per heavy atom. The molecular formula is C24H26ClFN4O3. The molecule has 2 amide bonds. The number of nitrogens with two attached hydrogens (primary N) is 1. The van der Waals surface area contributed by atoms with Gasteiger partial charge in [0.25, 0.3) is 5.91 Å². The van der Waals surface area contributed by atoms with E-state index in [4.69, 9.17) is 22.1 Å². The highest BCUT2D eigenvalue weighted by atomic mass is 35.5. The van der Waals surface area contributed by atoms with Crippen molar-refractivity contribution >= 4 is 35.1 Å². The Balaban J connectivity index is 1.62. The van der Waals surface area contributed by atoms with E-state index in [1.807, 2.05) is 6.92 Å². The fourth-order valence-corrected chi connectivity index (χ4v) is 4.86. The number of hydrogen-bond donors (Lipinski definition) is 2. The number of nitrogens with zero attached hydrogens (tertiary/aromatic N) is 2. The van der Waals surface area contributed by atoms with E-state index < -0.39 is 17.3 Å². The fraction of sp³-hybridized carbons (Fsp3) is 0.375. The first-order valence-corrected chi connectivity index (χ1v) is 11.2. The standard InChI is InChI=1S/C24H26ClFN4O3/c1-14-12-15(10-11-33-14)30-20(31)13-24(2,29-23(30)27)17-7-5-9-19(21(17)25)28-22(32)16-6-3-4-8-18(16)26/h3-9,14-15H,10-13H2,1-2H3,(H2,27,29)(H,28,32)/t14-,15-,24+/m1/s1. The molecule has 0 spiro atoms. The van der Waals surface area contributed by atoms with Crippen LogP contribution in [0.5, 0.6) is 0 Å². The molecule has 2 heterocycles. The number of carbonyl (C=O) groups is 2. The van der Waals surface area contributed by atoms with Gasteiger partial charge in [-0.2, -0.15) is 0 Å². The van der Waals surface area contributed by atoms with Crippen LogP contribution in [0.2, 0.25) is 5.02 Å². The Bertz CT molecular complexity index is 1120. The molecule has 0 saturated carbocycles. The van der Waals surface area contributed by atoms with E-state index >= 15 is 0 Å². The SMILES string of the molecule is C[C@@H]1C[C@H](N2C(=O)C[C@@](C)(c3cccc(NC(=O)c4ccccc4F)c3Cl)N=C2N)CCO1. The third-order valence-corrected chi connectivity index (χ3v) is 6.55. The van der Waals surface area contributed by atoms with E-state index in [2.05, 4.69) is 10.3 Å². The quantitative estimate of drug-likeness (QED) is 0.701. The molecule has 3 atom stereocenters. The predicted molar refractivity (Wildman–Crippen MR) is 125 cm³/mol. The maximum Gasteiger partial charge on any atom is 0.258 e. The summed E-state index contributed by atoms with van der Waals surface area (Å²) in [4.78, 5) is 32.0. The molecule has 2 aromatic carbocycles. The summed E-state index contributed by atoms with van der Waals surface area (Å²) in [5, 5.41) is 2.88. The van der Waals surface area contributed by atoms with Crippen molar-refractivity contribution in [3.63, 3.8) is 0 Å². The average Bonchev–Trinajstić information content (AvgIpc) is 2.75. The second kappa shape index (κ2) is 9.11. The minimum absolute atomic E-state index is 0.0434. The monoisotopic (exact) mass is 472 g/mol. The van der Waals surface area contributed by atoms with Crippen LogP contribution < -0.4 is 11.1 Å². The number of hydrogen-bond acceptors (Lipinski definition) is 5. The summed E-state index contributed by atoms with van der Waals surface area (Å²) in [6, 6.07) is 10.7. The molecule has 1 saturated heterocycles. The number of guanidine groups is 1. The van der Waals surface area contributed by atoms with Crippen molar-refractivity contribution in [2.45, 2.75) is 50.8 Å². The van der Waals surface area contributed by atoms with Crippen LogP contribution in [0, 0.1) is 5.82 Å². The zero-order valence-corrected chi connectivity index (χ0v) is 19.2. The first-order chi connectivity index (χ1) is 15.7. The molecule has 9 heteroatoms. The molecular weight excluding hydrogens is 447 g/mol. The van der Waals surface area contributed by atoms with Crippen LogP contribution in [-0.4, -0.2) is 41.4 Å². The molecule has 0 unspecified atom stereocenters. The highest BCUT2D eigenvalue weighted by molar-refractivity contribution is 6.35. The Kier molecular flexibility index (Phi) is 6.41. The van der Waals surface area contributed by atoms with Crippen molar-refractivity contribution in [2.75, 3.05) is 11.9 Å². The number of rotatable bonds is 4. The number of ether oxygens (including phenoxy) is 1. The molecule has 174 valence electrons. The van der Waals surface area contributed by atoms with Crippen molar-refractivity contribution < 1.29 is 18.7 Å². The predicted octanol–water partition coefficient (Wildman–Crippen LogP) is 4.06. The number of halogens is 2. The Morgan fingerprint density at radius 3 is 2.76 bits per heavy atom. The first kappa shape index (κ1) is 23.2. The van der Waals surface area contributed by atoms with Crippen molar-refractivity contribution in [1.29, 1.82) is 0 Å². The summed E-state index contributed by atoms with van der Waals surface area (Å²) >= 11 is 6.64. The second-order valence-electron chi connectivity index (χ2n) is 8.65. The van der Waals surface area contributed by atoms with Crippen LogP contribution in [0.4, 0.5) is 10.1 Å². The summed E-state index contributed by atoms with van der Waals surface area (Å²) in [7, 11) is 0. The summed E-state index contributed by atoms with van der Waals surface area (Å²) in [5.74, 6) is -1.25. The van der Waals surface area contributed by atoms with E-state index in [1.165, 1.54) is 18.2 Å². The van der Waals surface area contributed by atoms with Gasteiger partial charge in [-0.25, -0.2) is 9.38 Å². The zero-order valence-electron chi connectivity index (χ0n) is 18.5. The summed E-state index contributed by atoms with van der Waals surface area (Å²) < 4.78 is 19.6. The number of aliphatic imine (C=N–C) groups is 1. The molecule has 0 aliphatic carbocycles. The molecule has 4 rings (SSSR count). The summed E-state index contributed by atoms with van der Waals surface area (Å²) in [6.07, 6.45) is 1.50. The highest BCUT2D eigenvalue weighted by Gasteiger charge is 2.42. The Labute approximate surface area is 196 Å². The molecule has 2 aliphatic heterocycles. The van der Waals surface area contributed by atoms with Crippen LogP contribution in [0.25, 0.3) is 0 Å². The molecule has 0 aromatic heterocycles. The van der Waals surface area contributed by atoms with Gasteiger partial charge in [0.1, 0.15) is 5.82 Å². The van der Waals surface area contributed by atoms with E-state index in [0.29, 0.717) is 30.7 Å². The van der Waals surface area contributed by atoms with Crippen molar-refractivity contribution in [1.82, 2.24) is 4.90 Å². The number of anilines is 1. The Morgan fingerprint density at radius 2 is 2.06 bits per heavy atom. The lowest BCUT2D eigenvalue weighted by molar-refractivity contribution is -0.133. The Hall–Kier alpha value is -2.97. The maximum atomic E-state index is 14.0. The van der Waals surface area contributed by atoms with Crippen molar-refractivity contribution in [3.05, 3.63) is 64.4 Å². The molecule has 3 N–H and O–H groups in total. The molecule has 33 heavy (non-hydrogen) atoms. The molecule has 2 aliphatic rings. The normalized spacial score (nSPS) is 25.5. The largest absolute Gasteiger partial charge is 0.378 e. The smallest absolute Gasteiger partial charge is 0.258 e. The van der Waals surface area contributed by atoms with Crippen LogP contribution in [0.15, 0.2) is 47.5 Å². The topological polar surface area (TPSA) is 97.0 Å². The third kappa shape index (κ3) is 4.58. The van der Waals surface area contributed by atoms with E-state index in [0.717, 1.165) is 0 Å². The van der Waals surface area contributed by atoms with Crippen molar-refractivity contribution in [3.8, 4) is 0 Å². The average molecular weight is 473 g/mol. The van der Waals surface area contributed by atoms with E-state index in [1.54, 1.807) is 36.1 Å². The number of benzene rings is 2. The molecule has 0 radical (unpaired) electrons. The third-order valence-electron chi connectivity index (χ3n) is 6.14. The van der Waals surface area contributed by atoms with Crippen LogP contribution >= 0.6 is 11.6 Å². The minimum atomic E-state index is -1.01. The lowest BCUT2D eigenvalue weighted by Crippen LogP contribution is -2.56. The molecule has 7 nitrogen and oxygen atoms in total. The van der Waals surface area contributed by atoms with Gasteiger partial charge in [0, 0.05) is 18.2 Å². The van der Waals surface area contributed by atoms with Gasteiger partial charge in [0.15, 0.2) is 5.96 Å². The number of carbonyl (C=O) groups excluding carboxylic acids is 2. The van der Waals surface area contributed by atoms with Crippen LogP contribution in [0.1, 0.15) is 49.0 Å². The van der Waals surface area contributed by atoms with Crippen LogP contribution in [0.3, 0.4) is 0 Å². The fourth-order valence-electron chi connectivity index (χ4n) is 4.49. The van der Waals surface area contributed by atoms with Gasteiger partial charge < -0.3 is 15.8 Å². The maximum absolute atomic E-state index is 14.0. The number of nitrogens with one attached hydrogen (secondary N) is 1. The van der Waals surface area contributed by atoms with Gasteiger partial charge in [-0.05, 0) is 44.9 Å². The molecule has 1 fully saturated rings. The molecule has 2 aromatic rings. The van der Waals surface area contributed by atoms with Gasteiger partial charge in [-0.1, -0.05) is 35.9 Å². The molecule has 0 bridgehead atoms. The van der Waals surface area contributed by atoms with E-state index in [-0.39, 0.29) is 41.0 Å². The van der Waals surface area contributed by atoms with E-state index in [9.17, 15) is 14.0 Å². The lowest BCUT2D eigenvalue weighted by Gasteiger charge is -2.41. The van der Waals surface area contributed by atoms with Gasteiger partial charge in [0.05, 0.1) is 34.3 Å². The zero-order chi connectivity index (χ0) is 23.8. The summed E-state index contributed by atoms with van der Waals surface area (Å²) in [6.45, 7) is 4.32. The second-order valence-corrected chi connectivity index (χ2v) is 9.02. The first-order valence-electron chi connectivity index (χ1n) is 10.8. The van der Waals surface area contributed by atoms with Gasteiger partial charge in [0.2, 0.25) is 5.91 Å². The van der Waals surface area contributed by atoms with Crippen molar-refractivity contribution in [2.24, 2.45) is 10.7 Å². The highest BCUT2D eigenvalue weighted by Crippen LogP contribution is 2.41. The summed E-state index contributed by atoms with van der Waals surface area (Å²) in [5.41, 5.74) is 6.02. The van der Waals surface area contributed by atoms with Crippen LogP contribution in [-0.2, 0) is 15.1 Å². The van der Waals surface area contributed by atoms with Gasteiger partial charge in [-0.3, -0.25) is 14.5 Å². The lowest BCUT2D eigenvalue weighted by atomic mass is 9.86. The van der Waals surface area contributed by atoms with Gasteiger partial charge in [-0.15, -0.1) is 0 Å². The number of amides is 2.